The lowest BCUT2D eigenvalue weighted by Gasteiger charge is -2.44. The molecule has 1 aliphatic heterocycles. The standard InChI is InChI=1S/C25H26Cl3NO9/c1-13(30)34-20-19(12-33-11-16-8-9-17-6-4-5-7-18(17)10-16)37-23(38-24(29)25(26,27)28)22(36-15(3)32)21(20)35-14(2)31/h4-10,19-23,29H,11-12H2,1-3H3/t19-,20+,21+,22-,23-/m1/s1. The van der Waals surface area contributed by atoms with Crippen LogP contribution in [-0.4, -0.2) is 64.9 Å². The highest BCUT2D eigenvalue weighted by atomic mass is 35.6. The average molecular weight is 591 g/mol. The zero-order chi connectivity index (χ0) is 28.0. The van der Waals surface area contributed by atoms with Gasteiger partial charge in [-0.3, -0.25) is 19.8 Å². The Kier molecular flexibility index (Phi) is 10.2. The van der Waals surface area contributed by atoms with Gasteiger partial charge in [-0.1, -0.05) is 71.2 Å². The molecule has 0 bridgehead atoms. The second-order valence-electron chi connectivity index (χ2n) is 8.41. The summed E-state index contributed by atoms with van der Waals surface area (Å²) in [4.78, 5) is 35.8. The number of carbonyl (C=O) groups is 3. The van der Waals surface area contributed by atoms with Gasteiger partial charge < -0.3 is 28.4 Å². The van der Waals surface area contributed by atoms with E-state index in [9.17, 15) is 14.4 Å². The maximum atomic E-state index is 12.0. The molecule has 13 heteroatoms. The van der Waals surface area contributed by atoms with E-state index in [1.807, 2.05) is 42.5 Å². The molecular formula is C25H26Cl3NO9. The van der Waals surface area contributed by atoms with Crippen molar-refractivity contribution in [2.75, 3.05) is 6.61 Å². The lowest BCUT2D eigenvalue weighted by Crippen LogP contribution is -2.63. The number of esters is 3. The van der Waals surface area contributed by atoms with Gasteiger partial charge in [0.1, 0.15) is 6.10 Å². The van der Waals surface area contributed by atoms with E-state index in [4.69, 9.17) is 68.6 Å². The summed E-state index contributed by atoms with van der Waals surface area (Å²) in [6.45, 7) is 3.37. The molecule has 5 atom stereocenters. The monoisotopic (exact) mass is 589 g/mol. The fourth-order valence-electron chi connectivity index (χ4n) is 3.89. The number of ether oxygens (including phenoxy) is 6. The third-order valence-corrected chi connectivity index (χ3v) is 5.87. The Morgan fingerprint density at radius 2 is 1.42 bits per heavy atom. The molecule has 0 spiro atoms. The topological polar surface area (TPSA) is 130 Å². The van der Waals surface area contributed by atoms with Crippen molar-refractivity contribution in [3.63, 3.8) is 0 Å². The lowest BCUT2D eigenvalue weighted by atomic mass is 9.98. The molecule has 1 N–H and O–H groups in total. The minimum absolute atomic E-state index is 0.165. The molecule has 2 aromatic rings. The van der Waals surface area contributed by atoms with Gasteiger partial charge in [0, 0.05) is 20.8 Å². The van der Waals surface area contributed by atoms with E-state index in [0.717, 1.165) is 37.1 Å². The van der Waals surface area contributed by atoms with E-state index in [2.05, 4.69) is 0 Å². The van der Waals surface area contributed by atoms with Gasteiger partial charge in [0.15, 0.2) is 12.2 Å². The number of rotatable bonds is 8. The number of fused-ring (bicyclic) bond motifs is 1. The Morgan fingerprint density at radius 1 is 0.842 bits per heavy atom. The maximum absolute atomic E-state index is 12.0. The minimum atomic E-state index is -2.27. The van der Waals surface area contributed by atoms with Crippen molar-refractivity contribution < 1.29 is 42.8 Å². The number of hydrogen-bond donors (Lipinski definition) is 1. The number of benzene rings is 2. The van der Waals surface area contributed by atoms with Crippen LogP contribution in [0.5, 0.6) is 0 Å². The smallest absolute Gasteiger partial charge is 0.303 e. The van der Waals surface area contributed by atoms with Crippen molar-refractivity contribution in [1.82, 2.24) is 0 Å². The molecule has 1 fully saturated rings. The average Bonchev–Trinajstić information content (AvgIpc) is 2.81. The van der Waals surface area contributed by atoms with Gasteiger partial charge in [0.25, 0.3) is 3.79 Å². The molecule has 0 aliphatic carbocycles. The number of halogens is 3. The molecule has 0 unspecified atom stereocenters. The van der Waals surface area contributed by atoms with Crippen molar-refractivity contribution in [2.45, 2.75) is 61.9 Å². The van der Waals surface area contributed by atoms with E-state index in [1.165, 1.54) is 0 Å². The van der Waals surface area contributed by atoms with Crippen molar-refractivity contribution in [3.8, 4) is 0 Å². The summed E-state index contributed by atoms with van der Waals surface area (Å²) in [6, 6.07) is 13.7. The van der Waals surface area contributed by atoms with E-state index in [0.29, 0.717) is 0 Å². The first-order valence-electron chi connectivity index (χ1n) is 11.4. The van der Waals surface area contributed by atoms with Crippen LogP contribution in [0.2, 0.25) is 0 Å². The molecule has 38 heavy (non-hydrogen) atoms. The summed E-state index contributed by atoms with van der Waals surface area (Å²) in [7, 11) is 0. The number of carbonyl (C=O) groups excluding carboxylic acids is 3. The normalized spacial score (nSPS) is 23.4. The highest BCUT2D eigenvalue weighted by Gasteiger charge is 2.54. The van der Waals surface area contributed by atoms with Crippen LogP contribution in [0.4, 0.5) is 0 Å². The summed E-state index contributed by atoms with van der Waals surface area (Å²) in [5.74, 6) is -3.12. The number of nitrogens with one attached hydrogen (secondary N) is 1. The molecule has 3 rings (SSSR count). The fourth-order valence-corrected chi connectivity index (χ4v) is 4.02. The molecule has 0 saturated carbocycles. The molecule has 1 aliphatic rings. The fraction of sp³-hybridized carbons (Fsp3) is 0.440. The lowest BCUT2D eigenvalue weighted by molar-refractivity contribution is -0.293. The molecule has 0 amide bonds. The third-order valence-electron chi connectivity index (χ3n) is 5.35. The molecule has 1 saturated heterocycles. The van der Waals surface area contributed by atoms with Crippen molar-refractivity contribution in [2.24, 2.45) is 0 Å². The van der Waals surface area contributed by atoms with Crippen LogP contribution in [0.15, 0.2) is 42.5 Å². The van der Waals surface area contributed by atoms with Crippen LogP contribution in [0.3, 0.4) is 0 Å². The van der Waals surface area contributed by atoms with Crippen molar-refractivity contribution >= 4 is 69.4 Å². The van der Waals surface area contributed by atoms with Crippen molar-refractivity contribution in [1.29, 1.82) is 5.41 Å². The van der Waals surface area contributed by atoms with Gasteiger partial charge in [-0.25, -0.2) is 0 Å². The molecule has 1 heterocycles. The summed E-state index contributed by atoms with van der Waals surface area (Å²) in [5.41, 5.74) is 0.864. The summed E-state index contributed by atoms with van der Waals surface area (Å²) < 4.78 is 30.9. The molecule has 0 aromatic heterocycles. The maximum Gasteiger partial charge on any atom is 0.303 e. The Hall–Kier alpha value is -2.63. The first kappa shape index (κ1) is 29.9. The first-order valence-corrected chi connectivity index (χ1v) is 12.5. The minimum Gasteiger partial charge on any atom is -0.456 e. The largest absolute Gasteiger partial charge is 0.456 e. The van der Waals surface area contributed by atoms with Gasteiger partial charge in [-0.05, 0) is 22.4 Å². The number of alkyl halides is 3. The molecule has 10 nitrogen and oxygen atoms in total. The zero-order valence-electron chi connectivity index (χ0n) is 20.7. The van der Waals surface area contributed by atoms with Crippen LogP contribution in [0.1, 0.15) is 26.3 Å². The van der Waals surface area contributed by atoms with Crippen LogP contribution in [0.25, 0.3) is 10.8 Å². The predicted molar refractivity (Wildman–Crippen MR) is 138 cm³/mol. The van der Waals surface area contributed by atoms with E-state index in [1.54, 1.807) is 0 Å². The Labute approximate surface area is 233 Å². The first-order chi connectivity index (χ1) is 17.8. The van der Waals surface area contributed by atoms with Crippen LogP contribution < -0.4 is 0 Å². The van der Waals surface area contributed by atoms with Crippen molar-refractivity contribution in [3.05, 3.63) is 48.0 Å². The highest BCUT2D eigenvalue weighted by Crippen LogP contribution is 2.34. The highest BCUT2D eigenvalue weighted by molar-refractivity contribution is 6.76. The number of hydrogen-bond acceptors (Lipinski definition) is 10. The molecule has 206 valence electrons. The second kappa shape index (κ2) is 12.9. The van der Waals surface area contributed by atoms with E-state index < -0.39 is 58.3 Å². The van der Waals surface area contributed by atoms with E-state index in [-0.39, 0.29) is 13.2 Å². The van der Waals surface area contributed by atoms with Gasteiger partial charge in [-0.15, -0.1) is 0 Å². The van der Waals surface area contributed by atoms with Gasteiger partial charge in [-0.2, -0.15) is 0 Å². The summed E-state index contributed by atoms with van der Waals surface area (Å²) in [6.07, 6.45) is -6.81. The van der Waals surface area contributed by atoms with Gasteiger partial charge >= 0.3 is 17.9 Å². The molecular weight excluding hydrogens is 565 g/mol. The van der Waals surface area contributed by atoms with E-state index >= 15 is 0 Å². The Morgan fingerprint density at radius 3 is 2.03 bits per heavy atom. The molecule has 0 radical (unpaired) electrons. The summed E-state index contributed by atoms with van der Waals surface area (Å²) >= 11 is 17.2. The van der Waals surface area contributed by atoms with Crippen LogP contribution >= 0.6 is 34.8 Å². The zero-order valence-corrected chi connectivity index (χ0v) is 22.9. The second-order valence-corrected chi connectivity index (χ2v) is 10.7. The van der Waals surface area contributed by atoms with Crippen LogP contribution in [-0.2, 0) is 49.4 Å². The third kappa shape index (κ3) is 8.18. The van der Waals surface area contributed by atoms with Gasteiger partial charge in [0.05, 0.1) is 13.2 Å². The Bertz CT molecular complexity index is 1190. The Balaban J connectivity index is 1.87. The van der Waals surface area contributed by atoms with Gasteiger partial charge in [0.2, 0.25) is 18.3 Å². The quantitative estimate of drug-likeness (QED) is 0.158. The predicted octanol–water partition coefficient (Wildman–Crippen LogP) is 4.24. The van der Waals surface area contributed by atoms with Crippen LogP contribution in [0, 0.1) is 5.41 Å². The summed E-state index contributed by atoms with van der Waals surface area (Å²) in [5, 5.41) is 10.0. The molecule has 2 aromatic carbocycles. The SMILES string of the molecule is CC(=O)O[C@H]1[C@@H](OC(C)=O)[C@@H](COCc2ccc3ccccc3c2)O[C@H](OC(=N)C(Cl)(Cl)Cl)[C@@H]1OC(C)=O.